The zero-order chi connectivity index (χ0) is 16.8. The monoisotopic (exact) mass is 324 g/mol. The molecule has 0 fully saturated rings. The Hall–Kier alpha value is -2.95. The van der Waals surface area contributed by atoms with Crippen LogP contribution in [0.2, 0.25) is 0 Å². The van der Waals surface area contributed by atoms with E-state index in [0.717, 1.165) is 5.69 Å². The van der Waals surface area contributed by atoms with Crippen LogP contribution < -0.4 is 0 Å². The number of carbonyl (C=O) groups is 1. The third-order valence-corrected chi connectivity index (χ3v) is 3.60. The zero-order valence-electron chi connectivity index (χ0n) is 13.1. The maximum Gasteiger partial charge on any atom is 0.306 e. The summed E-state index contributed by atoms with van der Waals surface area (Å²) in [5.41, 5.74) is 2.12. The Morgan fingerprint density at radius 1 is 1.04 bits per heavy atom. The highest BCUT2D eigenvalue weighted by molar-refractivity contribution is 5.69. The number of hydrogen-bond donors (Lipinski definition) is 0. The van der Waals surface area contributed by atoms with Gasteiger partial charge in [0.1, 0.15) is 18.1 Å². The van der Waals surface area contributed by atoms with Crippen molar-refractivity contribution < 1.29 is 13.9 Å². The van der Waals surface area contributed by atoms with Gasteiger partial charge < -0.3 is 4.74 Å². The highest BCUT2D eigenvalue weighted by atomic mass is 19.1. The lowest BCUT2D eigenvalue weighted by Gasteiger charge is -2.04. The van der Waals surface area contributed by atoms with Crippen molar-refractivity contribution in [1.29, 1.82) is 0 Å². The van der Waals surface area contributed by atoms with Gasteiger partial charge in [0.2, 0.25) is 0 Å². The average molecular weight is 324 g/mol. The number of nitrogens with zero attached hydrogens (tertiary/aromatic N) is 2. The summed E-state index contributed by atoms with van der Waals surface area (Å²) < 4.78 is 20.4. The molecule has 3 aromatic rings. The maximum absolute atomic E-state index is 13.5. The van der Waals surface area contributed by atoms with Gasteiger partial charge in [-0.15, -0.1) is 0 Å². The Morgan fingerprint density at radius 2 is 1.79 bits per heavy atom. The zero-order valence-corrected chi connectivity index (χ0v) is 13.1. The number of esters is 1. The van der Waals surface area contributed by atoms with Crippen LogP contribution in [0.1, 0.15) is 17.7 Å². The Kier molecular flexibility index (Phi) is 5.01. The molecule has 2 aromatic carbocycles. The van der Waals surface area contributed by atoms with Crippen molar-refractivity contribution in [3.05, 3.63) is 83.9 Å². The van der Waals surface area contributed by atoms with Crippen molar-refractivity contribution in [1.82, 2.24) is 9.78 Å². The SMILES string of the molecule is O=C(CCc1ccccc1F)OCc1ccn(-c2ccccc2)n1. The van der Waals surface area contributed by atoms with Gasteiger partial charge in [-0.1, -0.05) is 36.4 Å². The maximum atomic E-state index is 13.5. The third kappa shape index (κ3) is 4.07. The minimum atomic E-state index is -0.368. The molecule has 0 N–H and O–H groups in total. The van der Waals surface area contributed by atoms with E-state index in [1.165, 1.54) is 6.07 Å². The molecular weight excluding hydrogens is 307 g/mol. The van der Waals surface area contributed by atoms with E-state index < -0.39 is 0 Å². The number of aromatic nitrogens is 2. The first kappa shape index (κ1) is 15.9. The van der Waals surface area contributed by atoms with Gasteiger partial charge in [0, 0.05) is 12.6 Å². The van der Waals surface area contributed by atoms with Crippen molar-refractivity contribution in [2.45, 2.75) is 19.4 Å². The quantitative estimate of drug-likeness (QED) is 0.650. The summed E-state index contributed by atoms with van der Waals surface area (Å²) in [4.78, 5) is 11.8. The lowest BCUT2D eigenvalue weighted by atomic mass is 10.1. The third-order valence-electron chi connectivity index (χ3n) is 3.60. The largest absolute Gasteiger partial charge is 0.459 e. The second-order valence-corrected chi connectivity index (χ2v) is 5.34. The summed E-state index contributed by atoms with van der Waals surface area (Å²) in [5.74, 6) is -0.667. The first-order chi connectivity index (χ1) is 11.7. The number of ether oxygens (including phenoxy) is 1. The fourth-order valence-electron chi connectivity index (χ4n) is 2.33. The van der Waals surface area contributed by atoms with Crippen LogP contribution in [0.5, 0.6) is 0 Å². The van der Waals surface area contributed by atoms with Crippen LogP contribution in [0.15, 0.2) is 66.9 Å². The van der Waals surface area contributed by atoms with Crippen LogP contribution in [-0.4, -0.2) is 15.7 Å². The van der Waals surface area contributed by atoms with E-state index in [1.54, 1.807) is 28.9 Å². The molecule has 0 radical (unpaired) electrons. The van der Waals surface area contributed by atoms with E-state index >= 15 is 0 Å². The van der Waals surface area contributed by atoms with Crippen molar-refractivity contribution >= 4 is 5.97 Å². The number of aryl methyl sites for hydroxylation is 1. The average Bonchev–Trinajstić information content (AvgIpc) is 3.09. The standard InChI is InChI=1S/C19H17FN2O2/c20-18-9-5-4-6-15(18)10-11-19(23)24-14-16-12-13-22(21-16)17-7-2-1-3-8-17/h1-9,12-13H,10-11,14H2. The summed E-state index contributed by atoms with van der Waals surface area (Å²) in [7, 11) is 0. The van der Waals surface area contributed by atoms with Crippen molar-refractivity contribution in [2.24, 2.45) is 0 Å². The lowest BCUT2D eigenvalue weighted by molar-refractivity contribution is -0.145. The number of para-hydroxylation sites is 1. The predicted octanol–water partition coefficient (Wildman–Crippen LogP) is 3.69. The molecule has 1 heterocycles. The first-order valence-electron chi connectivity index (χ1n) is 7.71. The van der Waals surface area contributed by atoms with Crippen LogP contribution >= 0.6 is 0 Å². The summed E-state index contributed by atoms with van der Waals surface area (Å²) in [6.07, 6.45) is 2.28. The molecule has 4 nitrogen and oxygen atoms in total. The molecule has 122 valence electrons. The minimum Gasteiger partial charge on any atom is -0.459 e. The highest BCUT2D eigenvalue weighted by Crippen LogP contribution is 2.11. The molecule has 0 aliphatic rings. The van der Waals surface area contributed by atoms with Crippen LogP contribution in [0.4, 0.5) is 4.39 Å². The molecule has 0 atom stereocenters. The summed E-state index contributed by atoms with van der Waals surface area (Å²) >= 11 is 0. The molecule has 0 aliphatic carbocycles. The molecule has 0 saturated heterocycles. The molecule has 0 unspecified atom stereocenters. The van der Waals surface area contributed by atoms with Crippen LogP contribution in [0, 0.1) is 5.82 Å². The summed E-state index contributed by atoms with van der Waals surface area (Å²) in [5, 5.41) is 4.36. The van der Waals surface area contributed by atoms with E-state index in [1.807, 2.05) is 36.5 Å². The van der Waals surface area contributed by atoms with Crippen molar-refractivity contribution in [3.63, 3.8) is 0 Å². The number of benzene rings is 2. The van der Waals surface area contributed by atoms with Gasteiger partial charge in [-0.3, -0.25) is 4.79 Å². The van der Waals surface area contributed by atoms with E-state index in [4.69, 9.17) is 4.74 Å². The Bertz CT molecular complexity index is 815. The number of carbonyl (C=O) groups excluding carboxylic acids is 1. The molecule has 0 amide bonds. The minimum absolute atomic E-state index is 0.107. The fraction of sp³-hybridized carbons (Fsp3) is 0.158. The molecular formula is C19H17FN2O2. The molecule has 3 rings (SSSR count). The van der Waals surface area contributed by atoms with Gasteiger partial charge in [0.05, 0.1) is 5.69 Å². The molecule has 0 saturated carbocycles. The molecule has 5 heteroatoms. The van der Waals surface area contributed by atoms with Gasteiger partial charge in [-0.2, -0.15) is 5.10 Å². The number of rotatable bonds is 6. The summed E-state index contributed by atoms with van der Waals surface area (Å²) in [6.45, 7) is 0.107. The smallest absolute Gasteiger partial charge is 0.306 e. The predicted molar refractivity (Wildman–Crippen MR) is 88.1 cm³/mol. The Morgan fingerprint density at radius 3 is 2.58 bits per heavy atom. The summed E-state index contributed by atoms with van der Waals surface area (Å²) in [6, 6.07) is 17.9. The molecule has 0 spiro atoms. The Labute approximate surface area is 139 Å². The topological polar surface area (TPSA) is 44.1 Å². The second-order valence-electron chi connectivity index (χ2n) is 5.34. The van der Waals surface area contributed by atoms with Gasteiger partial charge in [0.25, 0.3) is 0 Å². The van der Waals surface area contributed by atoms with Crippen molar-refractivity contribution in [2.75, 3.05) is 0 Å². The van der Waals surface area contributed by atoms with Crippen LogP contribution in [0.3, 0.4) is 0 Å². The molecule has 24 heavy (non-hydrogen) atoms. The van der Waals surface area contributed by atoms with Gasteiger partial charge in [-0.05, 0) is 36.2 Å². The second kappa shape index (κ2) is 7.55. The van der Waals surface area contributed by atoms with Gasteiger partial charge in [0.15, 0.2) is 0 Å². The first-order valence-corrected chi connectivity index (χ1v) is 7.71. The normalized spacial score (nSPS) is 10.5. The molecule has 1 aromatic heterocycles. The highest BCUT2D eigenvalue weighted by Gasteiger charge is 2.08. The van der Waals surface area contributed by atoms with Crippen molar-refractivity contribution in [3.8, 4) is 5.69 Å². The van der Waals surface area contributed by atoms with E-state index in [2.05, 4.69) is 5.10 Å². The fourth-order valence-corrected chi connectivity index (χ4v) is 2.33. The lowest BCUT2D eigenvalue weighted by Crippen LogP contribution is -2.07. The van der Waals surface area contributed by atoms with E-state index in [-0.39, 0.29) is 24.8 Å². The number of hydrogen-bond acceptors (Lipinski definition) is 3. The Balaban J connectivity index is 1.50. The number of halogens is 1. The van der Waals surface area contributed by atoms with E-state index in [9.17, 15) is 9.18 Å². The molecule has 0 bridgehead atoms. The van der Waals surface area contributed by atoms with Gasteiger partial charge in [-0.25, -0.2) is 9.07 Å². The molecule has 0 aliphatic heterocycles. The van der Waals surface area contributed by atoms with Gasteiger partial charge >= 0.3 is 5.97 Å². The van der Waals surface area contributed by atoms with Crippen LogP contribution in [-0.2, 0) is 22.6 Å². The van der Waals surface area contributed by atoms with Crippen LogP contribution in [0.25, 0.3) is 5.69 Å². The van der Waals surface area contributed by atoms with E-state index in [0.29, 0.717) is 17.7 Å².